The minimum Gasteiger partial charge on any atom is -0.362 e. The molecule has 0 saturated carbocycles. The van der Waals surface area contributed by atoms with Gasteiger partial charge in [0, 0.05) is 5.69 Å². The molecular formula is C17H19N. The van der Waals surface area contributed by atoms with E-state index >= 15 is 0 Å². The molecule has 0 saturated heterocycles. The van der Waals surface area contributed by atoms with E-state index in [0.717, 1.165) is 18.5 Å². The molecule has 0 amide bonds. The van der Waals surface area contributed by atoms with Crippen LogP contribution in [0.15, 0.2) is 66.9 Å². The number of aryl methyl sites for hydroxylation is 1. The summed E-state index contributed by atoms with van der Waals surface area (Å²) in [7, 11) is 0. The second-order valence-electron chi connectivity index (χ2n) is 4.29. The topological polar surface area (TPSA) is 12.0 Å². The summed E-state index contributed by atoms with van der Waals surface area (Å²) < 4.78 is 0. The summed E-state index contributed by atoms with van der Waals surface area (Å²) >= 11 is 0. The van der Waals surface area contributed by atoms with E-state index in [0.29, 0.717) is 0 Å². The number of para-hydroxylation sites is 1. The molecule has 0 spiro atoms. The van der Waals surface area contributed by atoms with Gasteiger partial charge in [-0.05, 0) is 42.3 Å². The molecule has 0 aliphatic heterocycles. The third-order valence-electron chi connectivity index (χ3n) is 2.93. The molecule has 0 bridgehead atoms. The van der Waals surface area contributed by atoms with Crippen LogP contribution in [0, 0.1) is 0 Å². The molecule has 1 heteroatoms. The van der Waals surface area contributed by atoms with Gasteiger partial charge in [-0.25, -0.2) is 0 Å². The average Bonchev–Trinajstić information content (AvgIpc) is 2.45. The zero-order valence-electron chi connectivity index (χ0n) is 10.8. The minimum absolute atomic E-state index is 0.962. The zero-order chi connectivity index (χ0) is 12.6. The van der Waals surface area contributed by atoms with Crippen molar-refractivity contribution in [1.29, 1.82) is 0 Å². The molecule has 92 valence electrons. The predicted octanol–water partition coefficient (Wildman–Crippen LogP) is 4.42. The minimum atomic E-state index is 0.962. The van der Waals surface area contributed by atoms with Crippen molar-refractivity contribution in [1.82, 2.24) is 0 Å². The number of nitrogens with one attached hydrogen (secondary N) is 1. The standard InChI is InChI=1S/C17H19N/c1-2-15-10-12-16(13-11-15)7-6-14-18-17-8-4-3-5-9-17/h3-6,8-14,18H,2,7H2,1H3. The zero-order valence-corrected chi connectivity index (χ0v) is 10.8. The van der Waals surface area contributed by atoms with Crippen LogP contribution >= 0.6 is 0 Å². The Labute approximate surface area is 109 Å². The van der Waals surface area contributed by atoms with E-state index in [1.54, 1.807) is 0 Å². The highest BCUT2D eigenvalue weighted by Crippen LogP contribution is 2.07. The van der Waals surface area contributed by atoms with Gasteiger partial charge in [0.2, 0.25) is 0 Å². The molecule has 2 aromatic rings. The van der Waals surface area contributed by atoms with Gasteiger partial charge in [-0.3, -0.25) is 0 Å². The normalized spacial score (nSPS) is 10.7. The summed E-state index contributed by atoms with van der Waals surface area (Å²) in [6.07, 6.45) is 6.21. The van der Waals surface area contributed by atoms with Gasteiger partial charge in [-0.2, -0.15) is 0 Å². The Hall–Kier alpha value is -2.02. The molecule has 0 radical (unpaired) electrons. The maximum Gasteiger partial charge on any atom is 0.0379 e. The first-order valence-corrected chi connectivity index (χ1v) is 6.43. The number of hydrogen-bond donors (Lipinski definition) is 1. The Kier molecular flexibility index (Phi) is 4.60. The Balaban J connectivity index is 1.83. The Morgan fingerprint density at radius 1 is 0.889 bits per heavy atom. The molecule has 0 heterocycles. The lowest BCUT2D eigenvalue weighted by Gasteiger charge is -2.01. The van der Waals surface area contributed by atoms with Crippen molar-refractivity contribution in [3.63, 3.8) is 0 Å². The highest BCUT2D eigenvalue weighted by Gasteiger charge is 1.91. The van der Waals surface area contributed by atoms with Crippen LogP contribution in [0.2, 0.25) is 0 Å². The van der Waals surface area contributed by atoms with Crippen molar-refractivity contribution in [2.75, 3.05) is 5.32 Å². The van der Waals surface area contributed by atoms with Crippen LogP contribution in [0.4, 0.5) is 5.69 Å². The fourth-order valence-corrected chi connectivity index (χ4v) is 1.80. The predicted molar refractivity (Wildman–Crippen MR) is 78.7 cm³/mol. The first-order chi connectivity index (χ1) is 8.88. The van der Waals surface area contributed by atoms with Crippen LogP contribution in [0.5, 0.6) is 0 Å². The SMILES string of the molecule is CCc1ccc(CC=CNc2ccccc2)cc1. The number of hydrogen-bond acceptors (Lipinski definition) is 1. The molecule has 2 aromatic carbocycles. The molecule has 0 atom stereocenters. The van der Waals surface area contributed by atoms with Crippen LogP contribution in [0.1, 0.15) is 18.1 Å². The maximum atomic E-state index is 3.26. The van der Waals surface area contributed by atoms with E-state index in [-0.39, 0.29) is 0 Å². The maximum absolute atomic E-state index is 3.26. The van der Waals surface area contributed by atoms with E-state index in [2.05, 4.69) is 54.7 Å². The quantitative estimate of drug-likeness (QED) is 0.811. The molecule has 0 aromatic heterocycles. The van der Waals surface area contributed by atoms with Crippen molar-refractivity contribution in [2.45, 2.75) is 19.8 Å². The summed E-state index contributed by atoms with van der Waals surface area (Å²) in [4.78, 5) is 0. The molecule has 0 aliphatic carbocycles. The summed E-state index contributed by atoms with van der Waals surface area (Å²) in [5.74, 6) is 0. The van der Waals surface area contributed by atoms with E-state index < -0.39 is 0 Å². The van der Waals surface area contributed by atoms with Crippen LogP contribution < -0.4 is 5.32 Å². The average molecular weight is 237 g/mol. The number of rotatable bonds is 5. The highest BCUT2D eigenvalue weighted by atomic mass is 14.8. The van der Waals surface area contributed by atoms with Crippen molar-refractivity contribution < 1.29 is 0 Å². The second kappa shape index (κ2) is 6.65. The van der Waals surface area contributed by atoms with Gasteiger partial charge in [-0.1, -0.05) is 55.5 Å². The van der Waals surface area contributed by atoms with Gasteiger partial charge in [-0.15, -0.1) is 0 Å². The van der Waals surface area contributed by atoms with Crippen molar-refractivity contribution in [2.24, 2.45) is 0 Å². The summed E-state index contributed by atoms with van der Waals surface area (Å²) in [5, 5.41) is 3.26. The van der Waals surface area contributed by atoms with Gasteiger partial charge in [0.15, 0.2) is 0 Å². The smallest absolute Gasteiger partial charge is 0.0379 e. The van der Waals surface area contributed by atoms with E-state index in [9.17, 15) is 0 Å². The Morgan fingerprint density at radius 3 is 2.22 bits per heavy atom. The van der Waals surface area contributed by atoms with Gasteiger partial charge in [0.25, 0.3) is 0 Å². The van der Waals surface area contributed by atoms with E-state index in [1.165, 1.54) is 11.1 Å². The fraction of sp³-hybridized carbons (Fsp3) is 0.176. The van der Waals surface area contributed by atoms with Gasteiger partial charge >= 0.3 is 0 Å². The number of allylic oxidation sites excluding steroid dienone is 1. The van der Waals surface area contributed by atoms with Crippen molar-refractivity contribution >= 4 is 5.69 Å². The van der Waals surface area contributed by atoms with Gasteiger partial charge < -0.3 is 5.32 Å². The molecule has 0 fully saturated rings. The van der Waals surface area contributed by atoms with Gasteiger partial charge in [0.05, 0.1) is 0 Å². The van der Waals surface area contributed by atoms with Crippen molar-refractivity contribution in [3.8, 4) is 0 Å². The van der Waals surface area contributed by atoms with Crippen molar-refractivity contribution in [3.05, 3.63) is 78.0 Å². The molecule has 18 heavy (non-hydrogen) atoms. The monoisotopic (exact) mass is 237 g/mol. The lowest BCUT2D eigenvalue weighted by molar-refractivity contribution is 1.13. The molecule has 0 unspecified atom stereocenters. The highest BCUT2D eigenvalue weighted by molar-refractivity contribution is 5.44. The number of anilines is 1. The third kappa shape index (κ3) is 3.77. The van der Waals surface area contributed by atoms with Crippen LogP contribution in [0.25, 0.3) is 0 Å². The van der Waals surface area contributed by atoms with E-state index in [1.807, 2.05) is 24.4 Å². The Morgan fingerprint density at radius 2 is 1.56 bits per heavy atom. The Bertz CT molecular complexity index is 483. The molecule has 0 aliphatic rings. The fourth-order valence-electron chi connectivity index (χ4n) is 1.80. The summed E-state index contributed by atoms with van der Waals surface area (Å²) in [5.41, 5.74) is 3.86. The van der Waals surface area contributed by atoms with Crippen LogP contribution in [-0.4, -0.2) is 0 Å². The lowest BCUT2D eigenvalue weighted by Crippen LogP contribution is -1.88. The first kappa shape index (κ1) is 12.4. The number of benzene rings is 2. The van der Waals surface area contributed by atoms with Crippen LogP contribution in [-0.2, 0) is 12.8 Å². The molecule has 1 N–H and O–H groups in total. The molecular weight excluding hydrogens is 218 g/mol. The summed E-state index contributed by atoms with van der Waals surface area (Å²) in [6, 6.07) is 19.0. The molecule has 1 nitrogen and oxygen atoms in total. The third-order valence-corrected chi connectivity index (χ3v) is 2.93. The van der Waals surface area contributed by atoms with Gasteiger partial charge in [0.1, 0.15) is 0 Å². The molecule has 2 rings (SSSR count). The first-order valence-electron chi connectivity index (χ1n) is 6.43. The summed E-state index contributed by atoms with van der Waals surface area (Å²) in [6.45, 7) is 2.18. The lowest BCUT2D eigenvalue weighted by atomic mass is 10.1. The largest absolute Gasteiger partial charge is 0.362 e. The second-order valence-corrected chi connectivity index (χ2v) is 4.29. The van der Waals surface area contributed by atoms with Crippen LogP contribution in [0.3, 0.4) is 0 Å². The van der Waals surface area contributed by atoms with E-state index in [4.69, 9.17) is 0 Å².